The monoisotopic (exact) mass is 386 g/mol. The number of nitrogens with one attached hydrogen (secondary N) is 2. The van der Waals surface area contributed by atoms with Crippen molar-refractivity contribution in [2.75, 3.05) is 16.4 Å². The van der Waals surface area contributed by atoms with Crippen LogP contribution in [0.25, 0.3) is 6.08 Å². The zero-order valence-corrected chi connectivity index (χ0v) is 16.0. The minimum Gasteiger partial charge on any atom is -0.382 e. The second kappa shape index (κ2) is 9.80. The first-order chi connectivity index (χ1) is 14.2. The molecule has 0 radical (unpaired) electrons. The molecule has 3 rings (SSSR count). The van der Waals surface area contributed by atoms with Gasteiger partial charge in [-0.25, -0.2) is 4.98 Å². The zero-order valence-electron chi connectivity index (χ0n) is 16.0. The Balaban J connectivity index is 1.62. The Labute approximate surface area is 169 Å². The Morgan fingerprint density at radius 2 is 2.00 bits per heavy atom. The van der Waals surface area contributed by atoms with Crippen molar-refractivity contribution in [3.05, 3.63) is 78.3 Å². The summed E-state index contributed by atoms with van der Waals surface area (Å²) in [4.78, 5) is 24.9. The smallest absolute Gasteiger partial charge is 0.266 e. The van der Waals surface area contributed by atoms with Gasteiger partial charge < -0.3 is 16.4 Å². The van der Waals surface area contributed by atoms with Gasteiger partial charge in [0, 0.05) is 18.1 Å². The van der Waals surface area contributed by atoms with Crippen molar-refractivity contribution in [3.8, 4) is 0 Å². The van der Waals surface area contributed by atoms with Crippen LogP contribution in [0, 0.1) is 0 Å². The first-order valence-electron chi connectivity index (χ1n) is 9.12. The predicted molar refractivity (Wildman–Crippen MR) is 118 cm³/mol. The van der Waals surface area contributed by atoms with E-state index in [4.69, 9.17) is 5.73 Å². The van der Waals surface area contributed by atoms with Gasteiger partial charge in [-0.1, -0.05) is 30.4 Å². The lowest BCUT2D eigenvalue weighted by Gasteiger charge is -2.09. The summed E-state index contributed by atoms with van der Waals surface area (Å²) in [6, 6.07) is 14.8. The molecule has 0 fully saturated rings. The van der Waals surface area contributed by atoms with Crippen LogP contribution in [0.2, 0.25) is 0 Å². The normalized spacial score (nSPS) is 11.1. The van der Waals surface area contributed by atoms with Gasteiger partial charge in [-0.15, -0.1) is 0 Å². The van der Waals surface area contributed by atoms with E-state index in [1.54, 1.807) is 30.6 Å². The molecule has 0 saturated carbocycles. The summed E-state index contributed by atoms with van der Waals surface area (Å²) < 4.78 is 0. The number of carbonyl (C=O) groups excluding carboxylic acids is 1. The Morgan fingerprint density at radius 1 is 1.14 bits per heavy atom. The standard InChI is InChI=1S/C22H22N6O/c1-2-6-16-7-3-4-8-19(16)27-15-21(29)28-17-10-12-24-18(13-17)14-26-20-9-5-11-25-22(20)23/h2-13,15,26H,14H2,1H3,(H2,23,25)(H,24,28,29)/b6-2-,27-15?. The third kappa shape index (κ3) is 5.74. The maximum absolute atomic E-state index is 12.3. The highest BCUT2D eigenvalue weighted by molar-refractivity contribution is 6.32. The number of anilines is 3. The molecule has 4 N–H and O–H groups in total. The third-order valence-electron chi connectivity index (χ3n) is 3.99. The molecule has 0 unspecified atom stereocenters. The van der Waals surface area contributed by atoms with E-state index in [2.05, 4.69) is 25.6 Å². The molecular formula is C22H22N6O. The molecule has 0 spiro atoms. The van der Waals surface area contributed by atoms with Crippen LogP contribution < -0.4 is 16.4 Å². The zero-order chi connectivity index (χ0) is 20.5. The maximum atomic E-state index is 12.3. The van der Waals surface area contributed by atoms with Crippen LogP contribution >= 0.6 is 0 Å². The summed E-state index contributed by atoms with van der Waals surface area (Å²) >= 11 is 0. The van der Waals surface area contributed by atoms with Crippen LogP contribution in [-0.4, -0.2) is 22.1 Å². The fourth-order valence-corrected chi connectivity index (χ4v) is 2.63. The van der Waals surface area contributed by atoms with Gasteiger partial charge in [-0.05, 0) is 42.8 Å². The van der Waals surface area contributed by atoms with Crippen LogP contribution in [0.4, 0.5) is 22.9 Å². The average Bonchev–Trinajstić information content (AvgIpc) is 2.73. The SMILES string of the molecule is C/C=C\c1ccccc1N=CC(=O)Nc1ccnc(CNc2cccnc2N)c1. The van der Waals surface area contributed by atoms with Gasteiger partial charge in [0.15, 0.2) is 0 Å². The second-order valence-electron chi connectivity index (χ2n) is 6.13. The number of carbonyl (C=O) groups is 1. The number of aromatic nitrogens is 2. The molecule has 1 amide bonds. The van der Waals surface area contributed by atoms with Crippen LogP contribution in [0.1, 0.15) is 18.2 Å². The van der Waals surface area contributed by atoms with E-state index in [1.807, 2.05) is 49.4 Å². The molecular weight excluding hydrogens is 364 g/mol. The third-order valence-corrected chi connectivity index (χ3v) is 3.99. The summed E-state index contributed by atoms with van der Waals surface area (Å²) in [5.41, 5.74) is 9.62. The van der Waals surface area contributed by atoms with Crippen molar-refractivity contribution in [1.29, 1.82) is 0 Å². The number of nitrogen functional groups attached to an aromatic ring is 1. The van der Waals surface area contributed by atoms with Crippen molar-refractivity contribution in [1.82, 2.24) is 9.97 Å². The quantitative estimate of drug-likeness (QED) is 0.531. The Morgan fingerprint density at radius 3 is 2.83 bits per heavy atom. The number of pyridine rings is 2. The Hall–Kier alpha value is -4.00. The lowest BCUT2D eigenvalue weighted by atomic mass is 10.1. The summed E-state index contributed by atoms with van der Waals surface area (Å²) in [6.07, 6.45) is 8.42. The number of hydrogen-bond acceptors (Lipinski definition) is 6. The van der Waals surface area contributed by atoms with E-state index >= 15 is 0 Å². The van der Waals surface area contributed by atoms with Crippen molar-refractivity contribution in [2.24, 2.45) is 4.99 Å². The molecule has 0 atom stereocenters. The summed E-state index contributed by atoms with van der Waals surface area (Å²) in [7, 11) is 0. The number of allylic oxidation sites excluding steroid dienone is 1. The van der Waals surface area contributed by atoms with Gasteiger partial charge in [0.1, 0.15) is 5.82 Å². The molecule has 29 heavy (non-hydrogen) atoms. The Bertz CT molecular complexity index is 1040. The fourth-order valence-electron chi connectivity index (χ4n) is 2.63. The summed E-state index contributed by atoms with van der Waals surface area (Å²) in [6.45, 7) is 2.39. The molecule has 0 aliphatic rings. The highest BCUT2D eigenvalue weighted by Gasteiger charge is 2.04. The number of nitrogens with two attached hydrogens (primary N) is 1. The molecule has 7 nitrogen and oxygen atoms in total. The molecule has 146 valence electrons. The lowest BCUT2D eigenvalue weighted by molar-refractivity contribution is -0.109. The number of para-hydroxylation sites is 1. The number of hydrogen-bond donors (Lipinski definition) is 3. The molecule has 0 bridgehead atoms. The van der Waals surface area contributed by atoms with E-state index in [0.717, 1.165) is 22.6 Å². The van der Waals surface area contributed by atoms with Crippen molar-refractivity contribution in [2.45, 2.75) is 13.5 Å². The summed E-state index contributed by atoms with van der Waals surface area (Å²) in [5, 5.41) is 5.98. The van der Waals surface area contributed by atoms with Crippen LogP contribution in [0.5, 0.6) is 0 Å². The Kier molecular flexibility index (Phi) is 6.67. The van der Waals surface area contributed by atoms with Crippen LogP contribution in [-0.2, 0) is 11.3 Å². The van der Waals surface area contributed by atoms with Crippen molar-refractivity contribution < 1.29 is 4.79 Å². The molecule has 7 heteroatoms. The van der Waals surface area contributed by atoms with Gasteiger partial charge in [-0.3, -0.25) is 14.8 Å². The largest absolute Gasteiger partial charge is 0.382 e. The second-order valence-corrected chi connectivity index (χ2v) is 6.13. The van der Waals surface area contributed by atoms with E-state index in [9.17, 15) is 4.79 Å². The number of rotatable bonds is 7. The minimum atomic E-state index is -0.318. The molecule has 3 aromatic rings. The summed E-state index contributed by atoms with van der Waals surface area (Å²) in [5.74, 6) is 0.105. The van der Waals surface area contributed by atoms with Crippen LogP contribution in [0.15, 0.2) is 72.0 Å². The molecule has 2 heterocycles. The van der Waals surface area contributed by atoms with Crippen molar-refractivity contribution >= 4 is 41.1 Å². The first-order valence-corrected chi connectivity index (χ1v) is 9.12. The number of nitrogens with zero attached hydrogens (tertiary/aromatic N) is 3. The van der Waals surface area contributed by atoms with Gasteiger partial charge in [-0.2, -0.15) is 0 Å². The minimum absolute atomic E-state index is 0.318. The van der Waals surface area contributed by atoms with E-state index in [1.165, 1.54) is 6.21 Å². The lowest BCUT2D eigenvalue weighted by Crippen LogP contribution is -2.13. The number of amides is 1. The highest BCUT2D eigenvalue weighted by Crippen LogP contribution is 2.20. The topological polar surface area (TPSA) is 105 Å². The van der Waals surface area contributed by atoms with Gasteiger partial charge >= 0.3 is 0 Å². The molecule has 2 aromatic heterocycles. The number of aliphatic imine (C=N–C) groups is 1. The highest BCUT2D eigenvalue weighted by atomic mass is 16.1. The van der Waals surface area contributed by atoms with Gasteiger partial charge in [0.05, 0.1) is 29.8 Å². The molecule has 0 aliphatic heterocycles. The van der Waals surface area contributed by atoms with E-state index in [-0.39, 0.29) is 5.91 Å². The average molecular weight is 386 g/mol. The van der Waals surface area contributed by atoms with Crippen LogP contribution in [0.3, 0.4) is 0 Å². The maximum Gasteiger partial charge on any atom is 0.266 e. The fraction of sp³-hybridized carbons (Fsp3) is 0.0909. The molecule has 0 saturated heterocycles. The first kappa shape index (κ1) is 19.8. The van der Waals surface area contributed by atoms with E-state index in [0.29, 0.717) is 18.1 Å². The van der Waals surface area contributed by atoms with Gasteiger partial charge in [0.2, 0.25) is 0 Å². The van der Waals surface area contributed by atoms with Gasteiger partial charge in [0.25, 0.3) is 5.91 Å². The van der Waals surface area contributed by atoms with Crippen molar-refractivity contribution in [3.63, 3.8) is 0 Å². The molecule has 0 aliphatic carbocycles. The van der Waals surface area contributed by atoms with E-state index < -0.39 is 0 Å². The predicted octanol–water partition coefficient (Wildman–Crippen LogP) is 4.05. The molecule has 1 aromatic carbocycles. The number of benzene rings is 1.